The van der Waals surface area contributed by atoms with Gasteiger partial charge in [0.2, 0.25) is 5.91 Å². The van der Waals surface area contributed by atoms with Crippen LogP contribution in [0.4, 0.5) is 0 Å². The molecule has 1 fully saturated rings. The van der Waals surface area contributed by atoms with Crippen LogP contribution in [0.2, 0.25) is 0 Å². The predicted octanol–water partition coefficient (Wildman–Crippen LogP) is 2.93. The summed E-state index contributed by atoms with van der Waals surface area (Å²) in [7, 11) is 0. The molecule has 1 aliphatic heterocycles. The normalized spacial score (nSPS) is 24.6. The van der Waals surface area contributed by atoms with Crippen molar-refractivity contribution < 1.29 is 4.79 Å². The van der Waals surface area contributed by atoms with Crippen molar-refractivity contribution in [3.8, 4) is 0 Å². The lowest BCUT2D eigenvalue weighted by Crippen LogP contribution is -2.53. The zero-order valence-corrected chi connectivity index (χ0v) is 12.3. The average Bonchev–Trinajstić information content (AvgIpc) is 2.37. The van der Waals surface area contributed by atoms with Crippen molar-refractivity contribution in [1.29, 1.82) is 0 Å². The third kappa shape index (κ3) is 3.71. The first-order valence-corrected chi connectivity index (χ1v) is 7.67. The van der Waals surface area contributed by atoms with Crippen LogP contribution in [0.25, 0.3) is 0 Å². The predicted molar refractivity (Wildman–Crippen MR) is 76.3 cm³/mol. The van der Waals surface area contributed by atoms with Crippen LogP contribution in [0.15, 0.2) is 0 Å². The molecule has 0 bridgehead atoms. The Morgan fingerprint density at radius 2 is 1.89 bits per heavy atom. The highest BCUT2D eigenvalue weighted by molar-refractivity contribution is 5.79. The second-order valence-corrected chi connectivity index (χ2v) is 5.69. The third-order valence-corrected chi connectivity index (χ3v) is 4.18. The van der Waals surface area contributed by atoms with E-state index in [4.69, 9.17) is 5.73 Å². The zero-order chi connectivity index (χ0) is 13.5. The van der Waals surface area contributed by atoms with E-state index in [1.54, 1.807) is 0 Å². The maximum atomic E-state index is 12.7. The fraction of sp³-hybridized carbons (Fsp3) is 0.933. The maximum Gasteiger partial charge on any atom is 0.226 e. The van der Waals surface area contributed by atoms with Gasteiger partial charge in [-0.1, -0.05) is 26.7 Å². The number of amides is 1. The van der Waals surface area contributed by atoms with E-state index in [-0.39, 0.29) is 12.0 Å². The second-order valence-electron chi connectivity index (χ2n) is 5.69. The summed E-state index contributed by atoms with van der Waals surface area (Å²) < 4.78 is 0. The smallest absolute Gasteiger partial charge is 0.226 e. The summed E-state index contributed by atoms with van der Waals surface area (Å²) in [5.41, 5.74) is 5.85. The van der Waals surface area contributed by atoms with E-state index >= 15 is 0 Å². The average molecular weight is 254 g/mol. The second kappa shape index (κ2) is 7.78. The number of rotatable bonds is 6. The summed E-state index contributed by atoms with van der Waals surface area (Å²) >= 11 is 0. The number of carbonyl (C=O) groups excluding carboxylic acids is 1. The van der Waals surface area contributed by atoms with Gasteiger partial charge in [-0.05, 0) is 39.0 Å². The summed E-state index contributed by atoms with van der Waals surface area (Å²) in [5.74, 6) is 0.580. The van der Waals surface area contributed by atoms with Gasteiger partial charge < -0.3 is 10.6 Å². The molecule has 0 aliphatic carbocycles. The number of nitrogens with zero attached hydrogens (tertiary/aromatic N) is 1. The van der Waals surface area contributed by atoms with Crippen LogP contribution < -0.4 is 5.73 Å². The molecular weight excluding hydrogens is 224 g/mol. The molecule has 0 radical (unpaired) electrons. The van der Waals surface area contributed by atoms with Crippen molar-refractivity contribution in [2.24, 2.45) is 11.7 Å². The van der Waals surface area contributed by atoms with Gasteiger partial charge in [-0.15, -0.1) is 0 Å². The molecule has 1 amide bonds. The van der Waals surface area contributed by atoms with Crippen LogP contribution in [-0.2, 0) is 4.79 Å². The minimum atomic E-state index is 0.217. The lowest BCUT2D eigenvalue weighted by molar-refractivity contribution is -0.142. The summed E-state index contributed by atoms with van der Waals surface area (Å²) in [6.45, 7) is 7.11. The molecule has 1 saturated heterocycles. The van der Waals surface area contributed by atoms with Crippen molar-refractivity contribution in [3.05, 3.63) is 0 Å². The Morgan fingerprint density at radius 3 is 2.39 bits per heavy atom. The molecule has 2 unspecified atom stereocenters. The van der Waals surface area contributed by atoms with Gasteiger partial charge in [0.15, 0.2) is 0 Å². The number of hydrogen-bond acceptors (Lipinski definition) is 2. The molecule has 0 aromatic rings. The first kappa shape index (κ1) is 15.5. The van der Waals surface area contributed by atoms with Gasteiger partial charge in [-0.2, -0.15) is 0 Å². The highest BCUT2D eigenvalue weighted by Crippen LogP contribution is 2.27. The Balaban J connectivity index is 2.75. The van der Waals surface area contributed by atoms with E-state index < -0.39 is 0 Å². The van der Waals surface area contributed by atoms with Crippen molar-refractivity contribution in [2.75, 3.05) is 6.54 Å². The van der Waals surface area contributed by atoms with Gasteiger partial charge in [-0.25, -0.2) is 0 Å². The van der Waals surface area contributed by atoms with Gasteiger partial charge in [0.1, 0.15) is 0 Å². The number of carbonyl (C=O) groups is 1. The molecule has 0 saturated carbocycles. The van der Waals surface area contributed by atoms with Gasteiger partial charge in [0, 0.05) is 24.5 Å². The van der Waals surface area contributed by atoms with Crippen molar-refractivity contribution in [1.82, 2.24) is 4.90 Å². The number of likely N-dealkylation sites (tertiary alicyclic amines) is 1. The molecule has 1 rings (SSSR count). The van der Waals surface area contributed by atoms with Crippen LogP contribution in [0.5, 0.6) is 0 Å². The Bertz CT molecular complexity index is 249. The van der Waals surface area contributed by atoms with Crippen LogP contribution in [0.3, 0.4) is 0 Å². The van der Waals surface area contributed by atoms with Crippen LogP contribution in [0.1, 0.15) is 65.7 Å². The maximum absolute atomic E-state index is 12.7. The number of piperidine rings is 1. The molecule has 18 heavy (non-hydrogen) atoms. The standard InChI is InChI=1S/C15H30N2O/c1-4-7-13(8-5-2)15(18)17-12(3)9-6-10-14(17)11-16/h12-14H,4-11,16H2,1-3H3. The number of hydrogen-bond donors (Lipinski definition) is 1. The van der Waals surface area contributed by atoms with Crippen LogP contribution in [-0.4, -0.2) is 29.4 Å². The lowest BCUT2D eigenvalue weighted by Gasteiger charge is -2.42. The fourth-order valence-electron chi connectivity index (χ4n) is 3.21. The topological polar surface area (TPSA) is 46.3 Å². The molecule has 0 aromatic heterocycles. The summed E-state index contributed by atoms with van der Waals surface area (Å²) in [5, 5.41) is 0. The Labute approximate surface area is 112 Å². The largest absolute Gasteiger partial charge is 0.336 e. The fourth-order valence-corrected chi connectivity index (χ4v) is 3.21. The van der Waals surface area contributed by atoms with E-state index in [9.17, 15) is 4.79 Å². The Kier molecular flexibility index (Phi) is 6.69. The van der Waals surface area contributed by atoms with Crippen LogP contribution in [0, 0.1) is 5.92 Å². The van der Waals surface area contributed by atoms with E-state index in [0.29, 0.717) is 18.5 Å². The summed E-state index contributed by atoms with van der Waals surface area (Å²) in [6, 6.07) is 0.647. The molecule has 1 aliphatic rings. The number of nitrogens with two attached hydrogens (primary N) is 1. The Hall–Kier alpha value is -0.570. The molecular formula is C15H30N2O. The van der Waals surface area contributed by atoms with Gasteiger partial charge in [0.25, 0.3) is 0 Å². The molecule has 2 N–H and O–H groups in total. The van der Waals surface area contributed by atoms with E-state index in [1.165, 1.54) is 6.42 Å². The molecule has 0 spiro atoms. The zero-order valence-electron chi connectivity index (χ0n) is 12.3. The highest BCUT2D eigenvalue weighted by Gasteiger charge is 2.33. The van der Waals surface area contributed by atoms with Crippen molar-refractivity contribution >= 4 is 5.91 Å². The Morgan fingerprint density at radius 1 is 1.28 bits per heavy atom. The monoisotopic (exact) mass is 254 g/mol. The SMILES string of the molecule is CCCC(CCC)C(=O)N1C(C)CCCC1CN. The van der Waals surface area contributed by atoms with Gasteiger partial charge in [0.05, 0.1) is 0 Å². The van der Waals surface area contributed by atoms with Gasteiger partial charge in [-0.3, -0.25) is 4.79 Å². The quantitative estimate of drug-likeness (QED) is 0.792. The summed E-state index contributed by atoms with van der Waals surface area (Å²) in [6.07, 6.45) is 7.64. The molecule has 3 heteroatoms. The molecule has 2 atom stereocenters. The van der Waals surface area contributed by atoms with Crippen molar-refractivity contribution in [2.45, 2.75) is 77.8 Å². The van der Waals surface area contributed by atoms with Crippen LogP contribution >= 0.6 is 0 Å². The minimum absolute atomic E-state index is 0.217. The molecule has 0 aromatic carbocycles. The highest BCUT2D eigenvalue weighted by atomic mass is 16.2. The van der Waals surface area contributed by atoms with Gasteiger partial charge >= 0.3 is 0 Å². The lowest BCUT2D eigenvalue weighted by atomic mass is 9.91. The van der Waals surface area contributed by atoms with E-state index in [2.05, 4.69) is 25.7 Å². The first-order valence-electron chi connectivity index (χ1n) is 7.67. The minimum Gasteiger partial charge on any atom is -0.336 e. The molecule has 1 heterocycles. The molecule has 3 nitrogen and oxygen atoms in total. The summed E-state index contributed by atoms with van der Waals surface area (Å²) in [4.78, 5) is 14.8. The van der Waals surface area contributed by atoms with Crippen molar-refractivity contribution in [3.63, 3.8) is 0 Å². The van der Waals surface area contributed by atoms with E-state index in [1.807, 2.05) is 0 Å². The first-order chi connectivity index (χ1) is 8.65. The molecule has 106 valence electrons. The van der Waals surface area contributed by atoms with E-state index in [0.717, 1.165) is 38.5 Å². The third-order valence-electron chi connectivity index (χ3n) is 4.18.